The van der Waals surface area contributed by atoms with Gasteiger partial charge in [0.05, 0.1) is 12.1 Å². The van der Waals surface area contributed by atoms with Crippen LogP contribution in [0.2, 0.25) is 5.15 Å². The Kier molecular flexibility index (Phi) is 8.68. The average molecular weight is 526 g/mol. The molecule has 2 heterocycles. The van der Waals surface area contributed by atoms with Crippen molar-refractivity contribution in [3.63, 3.8) is 0 Å². The van der Waals surface area contributed by atoms with Gasteiger partial charge in [-0.25, -0.2) is 13.8 Å². The third kappa shape index (κ3) is 6.42. The van der Waals surface area contributed by atoms with Gasteiger partial charge in [0.2, 0.25) is 0 Å². The molecule has 2 aromatic rings. The number of amidine groups is 1. The number of hydrogen-bond acceptors (Lipinski definition) is 6. The third-order valence-corrected chi connectivity index (χ3v) is 6.46. The van der Waals surface area contributed by atoms with Crippen LogP contribution in [0.5, 0.6) is 0 Å². The van der Waals surface area contributed by atoms with Crippen LogP contribution in [-0.2, 0) is 0 Å². The Morgan fingerprint density at radius 1 is 1.27 bits per heavy atom. The number of rotatable bonds is 9. The third-order valence-electron chi connectivity index (χ3n) is 6.18. The number of anilines is 1. The smallest absolute Gasteiger partial charge is 0.155 e. The Hall–Kier alpha value is -3.56. The highest BCUT2D eigenvalue weighted by Crippen LogP contribution is 2.45. The average Bonchev–Trinajstić information content (AvgIpc) is 3.73. The molecule has 0 atom stereocenters. The van der Waals surface area contributed by atoms with E-state index < -0.39 is 11.6 Å². The van der Waals surface area contributed by atoms with Crippen molar-refractivity contribution in [3.05, 3.63) is 88.5 Å². The molecule has 1 aliphatic carbocycles. The number of aliphatic imine (C=N–C) groups is 2. The second-order valence-corrected chi connectivity index (χ2v) is 9.22. The molecule has 0 unspecified atom stereocenters. The van der Waals surface area contributed by atoms with Gasteiger partial charge in [0, 0.05) is 38.1 Å². The standard InChI is InChI=1S/C27H30ClF2N7/c1-17(36-24-21(29)4-3-5-22(24)30)14-18(8-9-31)15-35-27(37-12-10-33-11-13-37)23-20(19-6-7-19)16-34-26(28)25(23)32-2/h3-5,8-9,14,16,19,33,36H,1-2,6-7,10-13,15,31H2/b9-8-,18-14+,35-27?. The van der Waals surface area contributed by atoms with Crippen molar-refractivity contribution in [2.75, 3.05) is 38.0 Å². The number of nitrogens with zero attached hydrogens (tertiary/aromatic N) is 4. The first-order valence-electron chi connectivity index (χ1n) is 12.1. The zero-order valence-electron chi connectivity index (χ0n) is 20.5. The van der Waals surface area contributed by atoms with Crippen LogP contribution < -0.4 is 16.4 Å². The molecule has 1 aromatic heterocycles. The molecule has 10 heteroatoms. The number of para-hydroxylation sites is 1. The highest BCUT2D eigenvalue weighted by atomic mass is 35.5. The summed E-state index contributed by atoms with van der Waals surface area (Å²) in [7, 11) is 0. The molecule has 1 aliphatic heterocycles. The van der Waals surface area contributed by atoms with Crippen LogP contribution >= 0.6 is 11.6 Å². The van der Waals surface area contributed by atoms with Crippen LogP contribution in [-0.4, -0.2) is 55.2 Å². The fourth-order valence-corrected chi connectivity index (χ4v) is 4.47. The first-order chi connectivity index (χ1) is 17.9. The molecule has 37 heavy (non-hydrogen) atoms. The first kappa shape index (κ1) is 26.5. The van der Waals surface area contributed by atoms with Crippen LogP contribution in [0.1, 0.15) is 29.9 Å². The molecule has 1 aromatic carbocycles. The number of aromatic nitrogens is 1. The van der Waals surface area contributed by atoms with Crippen LogP contribution in [0, 0.1) is 11.6 Å². The second-order valence-electron chi connectivity index (χ2n) is 8.86. The quantitative estimate of drug-likeness (QED) is 0.187. The van der Waals surface area contributed by atoms with Gasteiger partial charge in [-0.1, -0.05) is 24.2 Å². The van der Waals surface area contributed by atoms with Crippen molar-refractivity contribution in [3.8, 4) is 0 Å². The SMILES string of the molecule is C=Nc1c(Cl)ncc(C2CC2)c1C(=NCC(/C=C\N)=C/C(=C)Nc1c(F)cccc1F)N1CCNCC1. The maximum Gasteiger partial charge on any atom is 0.155 e. The number of pyridine rings is 1. The summed E-state index contributed by atoms with van der Waals surface area (Å²) in [4.78, 5) is 15.8. The number of allylic oxidation sites excluding steroid dienone is 1. The molecule has 7 nitrogen and oxygen atoms in total. The van der Waals surface area contributed by atoms with E-state index in [2.05, 4.69) is 38.8 Å². The summed E-state index contributed by atoms with van der Waals surface area (Å²) in [6.45, 7) is 11.0. The molecule has 0 spiro atoms. The number of benzene rings is 1. The van der Waals surface area contributed by atoms with E-state index in [1.54, 1.807) is 12.2 Å². The minimum Gasteiger partial charge on any atom is -0.405 e. The fraction of sp³-hybridized carbons (Fsp3) is 0.296. The lowest BCUT2D eigenvalue weighted by atomic mass is 10.0. The van der Waals surface area contributed by atoms with Gasteiger partial charge in [-0.15, -0.1) is 0 Å². The molecule has 0 amide bonds. The number of piperazine rings is 1. The lowest BCUT2D eigenvalue weighted by molar-refractivity contribution is 0.357. The summed E-state index contributed by atoms with van der Waals surface area (Å²) >= 11 is 6.44. The van der Waals surface area contributed by atoms with Gasteiger partial charge in [-0.2, -0.15) is 0 Å². The van der Waals surface area contributed by atoms with Gasteiger partial charge < -0.3 is 21.3 Å². The molecule has 4 N–H and O–H groups in total. The Morgan fingerprint density at radius 3 is 2.59 bits per heavy atom. The summed E-state index contributed by atoms with van der Waals surface area (Å²) in [6, 6.07) is 3.66. The van der Waals surface area contributed by atoms with Gasteiger partial charge in [0.25, 0.3) is 0 Å². The molecule has 194 valence electrons. The van der Waals surface area contributed by atoms with E-state index in [0.29, 0.717) is 17.2 Å². The Bertz CT molecular complexity index is 1240. The lowest BCUT2D eigenvalue weighted by Gasteiger charge is -2.32. The molecule has 2 fully saturated rings. The molecule has 0 bridgehead atoms. The minimum atomic E-state index is -0.712. The minimum absolute atomic E-state index is 0.230. The van der Waals surface area contributed by atoms with E-state index in [4.69, 9.17) is 22.3 Å². The molecule has 4 rings (SSSR count). The van der Waals surface area contributed by atoms with E-state index in [1.807, 2.05) is 6.20 Å². The Balaban J connectivity index is 1.70. The molecule has 1 saturated carbocycles. The molecule has 2 aliphatic rings. The van der Waals surface area contributed by atoms with Crippen molar-refractivity contribution >= 4 is 35.5 Å². The summed E-state index contributed by atoms with van der Waals surface area (Å²) in [5.41, 5.74) is 8.82. The predicted molar refractivity (Wildman–Crippen MR) is 147 cm³/mol. The van der Waals surface area contributed by atoms with E-state index in [9.17, 15) is 8.78 Å². The van der Waals surface area contributed by atoms with Gasteiger partial charge in [0.15, 0.2) is 5.15 Å². The highest BCUT2D eigenvalue weighted by molar-refractivity contribution is 6.32. The zero-order chi connectivity index (χ0) is 26.4. The van der Waals surface area contributed by atoms with Crippen molar-refractivity contribution in [1.29, 1.82) is 0 Å². The van der Waals surface area contributed by atoms with Crippen LogP contribution in [0.15, 0.2) is 70.6 Å². The maximum atomic E-state index is 14.1. The summed E-state index contributed by atoms with van der Waals surface area (Å²) in [5.74, 6) is -0.288. The number of halogens is 3. The van der Waals surface area contributed by atoms with E-state index >= 15 is 0 Å². The van der Waals surface area contributed by atoms with Crippen LogP contribution in [0.25, 0.3) is 0 Å². The van der Waals surface area contributed by atoms with E-state index in [0.717, 1.165) is 56.0 Å². The number of hydrogen-bond donors (Lipinski definition) is 3. The zero-order valence-corrected chi connectivity index (χ0v) is 21.2. The van der Waals surface area contributed by atoms with Gasteiger partial charge in [-0.05, 0) is 67.1 Å². The Labute approximate surface area is 220 Å². The van der Waals surface area contributed by atoms with Gasteiger partial charge >= 0.3 is 0 Å². The van der Waals surface area contributed by atoms with Gasteiger partial charge in [0.1, 0.15) is 28.8 Å². The largest absolute Gasteiger partial charge is 0.405 e. The normalized spacial score (nSPS) is 16.8. The first-order valence-corrected chi connectivity index (χ1v) is 12.4. The van der Waals surface area contributed by atoms with Crippen LogP contribution in [0.3, 0.4) is 0 Å². The van der Waals surface area contributed by atoms with Gasteiger partial charge in [-0.3, -0.25) is 9.98 Å². The van der Waals surface area contributed by atoms with Crippen molar-refractivity contribution < 1.29 is 8.78 Å². The van der Waals surface area contributed by atoms with E-state index in [-0.39, 0.29) is 23.1 Å². The molecular weight excluding hydrogens is 496 g/mol. The summed E-state index contributed by atoms with van der Waals surface area (Å²) in [6.07, 6.45) is 8.67. The molecular formula is C27H30ClF2N7. The molecule has 1 saturated heterocycles. The second kappa shape index (κ2) is 12.1. The van der Waals surface area contributed by atoms with Crippen molar-refractivity contribution in [2.45, 2.75) is 18.8 Å². The lowest BCUT2D eigenvalue weighted by Crippen LogP contribution is -2.47. The maximum absolute atomic E-state index is 14.1. The predicted octanol–water partition coefficient (Wildman–Crippen LogP) is 4.90. The summed E-state index contributed by atoms with van der Waals surface area (Å²) in [5, 5.41) is 6.34. The van der Waals surface area contributed by atoms with Crippen LogP contribution in [0.4, 0.5) is 20.2 Å². The van der Waals surface area contributed by atoms with Crippen molar-refractivity contribution in [1.82, 2.24) is 15.2 Å². The summed E-state index contributed by atoms with van der Waals surface area (Å²) < 4.78 is 28.2. The topological polar surface area (TPSA) is 90.9 Å². The van der Waals surface area contributed by atoms with Crippen molar-refractivity contribution in [2.24, 2.45) is 15.7 Å². The highest BCUT2D eigenvalue weighted by Gasteiger charge is 2.32. The molecule has 0 radical (unpaired) electrons. The van der Waals surface area contributed by atoms with E-state index in [1.165, 1.54) is 24.4 Å². The Morgan fingerprint density at radius 2 is 1.97 bits per heavy atom. The fourth-order valence-electron chi connectivity index (χ4n) is 4.26. The monoisotopic (exact) mass is 525 g/mol. The number of nitrogens with one attached hydrogen (secondary N) is 2. The number of nitrogens with two attached hydrogens (primary N) is 1.